The molecule has 19 heavy (non-hydrogen) atoms. The second-order valence-corrected chi connectivity index (χ2v) is 4.55. The lowest BCUT2D eigenvalue weighted by Crippen LogP contribution is -2.44. The number of rotatable bonds is 7. The average molecular weight is 274 g/mol. The maximum absolute atomic E-state index is 11.8. The fourth-order valence-electron chi connectivity index (χ4n) is 1.94. The van der Waals surface area contributed by atoms with E-state index in [0.717, 1.165) is 19.4 Å². The van der Waals surface area contributed by atoms with Crippen LogP contribution in [0.2, 0.25) is 0 Å². The molecule has 110 valence electrons. The van der Waals surface area contributed by atoms with Gasteiger partial charge in [0, 0.05) is 32.7 Å². The highest BCUT2D eigenvalue weighted by Crippen LogP contribution is 2.13. The van der Waals surface area contributed by atoms with Crippen LogP contribution in [0.3, 0.4) is 0 Å². The molecule has 1 aliphatic rings. The van der Waals surface area contributed by atoms with E-state index in [4.69, 9.17) is 14.9 Å². The number of carboxylic acid groups (broad SMARTS) is 1. The van der Waals surface area contributed by atoms with Gasteiger partial charge in [-0.05, 0) is 19.8 Å². The number of carbonyl (C=O) groups is 2. The summed E-state index contributed by atoms with van der Waals surface area (Å²) in [7, 11) is 0. The maximum atomic E-state index is 11.8. The average Bonchev–Trinajstić information content (AvgIpc) is 2.88. The van der Waals surface area contributed by atoms with E-state index in [2.05, 4.69) is 5.32 Å². The molecule has 0 spiro atoms. The van der Waals surface area contributed by atoms with Crippen LogP contribution >= 0.6 is 0 Å². The van der Waals surface area contributed by atoms with Crippen molar-refractivity contribution < 1.29 is 24.5 Å². The molecule has 7 nitrogen and oxygen atoms in total. The Hall–Kier alpha value is -1.34. The lowest BCUT2D eigenvalue weighted by Gasteiger charge is -2.24. The number of likely N-dealkylation sites (N-methyl/N-ethyl adjacent to an activating group) is 1. The summed E-state index contributed by atoms with van der Waals surface area (Å²) in [6.45, 7) is 3.86. The largest absolute Gasteiger partial charge is 0.479 e. The number of aliphatic carboxylic acids is 1. The predicted molar refractivity (Wildman–Crippen MR) is 67.9 cm³/mol. The van der Waals surface area contributed by atoms with Gasteiger partial charge >= 0.3 is 12.0 Å². The third kappa shape index (κ3) is 5.44. The lowest BCUT2D eigenvalue weighted by molar-refractivity contribution is -0.146. The van der Waals surface area contributed by atoms with E-state index < -0.39 is 12.1 Å². The monoisotopic (exact) mass is 274 g/mol. The Morgan fingerprint density at radius 1 is 1.53 bits per heavy atom. The van der Waals surface area contributed by atoms with Crippen LogP contribution in [0.4, 0.5) is 4.79 Å². The molecule has 2 unspecified atom stereocenters. The van der Waals surface area contributed by atoms with Crippen LogP contribution < -0.4 is 5.32 Å². The highest BCUT2D eigenvalue weighted by atomic mass is 16.5. The summed E-state index contributed by atoms with van der Waals surface area (Å²) in [5, 5.41) is 20.2. The van der Waals surface area contributed by atoms with Crippen LogP contribution in [0.5, 0.6) is 0 Å². The van der Waals surface area contributed by atoms with Crippen molar-refractivity contribution in [2.45, 2.75) is 38.4 Å². The van der Waals surface area contributed by atoms with Crippen LogP contribution in [0.25, 0.3) is 0 Å². The number of amides is 2. The van der Waals surface area contributed by atoms with Crippen LogP contribution in [0.1, 0.15) is 26.2 Å². The molecule has 1 rings (SSSR count). The van der Waals surface area contributed by atoms with Gasteiger partial charge in [-0.1, -0.05) is 0 Å². The number of nitrogens with one attached hydrogen (secondary N) is 1. The molecule has 7 heteroatoms. The zero-order valence-electron chi connectivity index (χ0n) is 11.2. The van der Waals surface area contributed by atoms with Gasteiger partial charge in [-0.3, -0.25) is 0 Å². The molecule has 0 radical (unpaired) electrons. The third-order valence-electron chi connectivity index (χ3n) is 3.10. The van der Waals surface area contributed by atoms with Crippen LogP contribution in [-0.4, -0.2) is 65.6 Å². The lowest BCUT2D eigenvalue weighted by atomic mass is 10.2. The summed E-state index contributed by atoms with van der Waals surface area (Å²) in [4.78, 5) is 23.9. The summed E-state index contributed by atoms with van der Waals surface area (Å²) in [5.41, 5.74) is 0. The van der Waals surface area contributed by atoms with E-state index in [1.165, 1.54) is 0 Å². The molecule has 1 saturated heterocycles. The summed E-state index contributed by atoms with van der Waals surface area (Å²) >= 11 is 0. The van der Waals surface area contributed by atoms with Crippen molar-refractivity contribution in [1.82, 2.24) is 10.2 Å². The van der Waals surface area contributed by atoms with Gasteiger partial charge < -0.3 is 25.2 Å². The topological polar surface area (TPSA) is 99.1 Å². The molecule has 1 aliphatic heterocycles. The highest BCUT2D eigenvalue weighted by molar-refractivity contribution is 5.74. The van der Waals surface area contributed by atoms with Crippen molar-refractivity contribution in [3.8, 4) is 0 Å². The second kappa shape index (κ2) is 7.96. The van der Waals surface area contributed by atoms with Gasteiger partial charge in [0.2, 0.25) is 0 Å². The minimum absolute atomic E-state index is 0.00143. The number of carbonyl (C=O) groups excluding carboxylic acids is 1. The molecule has 2 amide bonds. The molecule has 1 heterocycles. The molecule has 0 aromatic heterocycles. The standard InChI is InChI=1S/C12H22N2O5/c1-2-14(8-9-4-3-7-19-9)12(18)13-6-5-10(15)11(16)17/h9-10,15H,2-8H2,1H3,(H,13,18)(H,16,17). The Morgan fingerprint density at radius 2 is 2.26 bits per heavy atom. The van der Waals surface area contributed by atoms with Gasteiger partial charge in [0.25, 0.3) is 0 Å². The van der Waals surface area contributed by atoms with Gasteiger partial charge in [-0.2, -0.15) is 0 Å². The Kier molecular flexibility index (Phi) is 6.58. The number of aliphatic hydroxyl groups is 1. The van der Waals surface area contributed by atoms with Crippen LogP contribution in [0, 0.1) is 0 Å². The van der Waals surface area contributed by atoms with Crippen molar-refractivity contribution in [3.05, 3.63) is 0 Å². The first-order valence-electron chi connectivity index (χ1n) is 6.59. The van der Waals surface area contributed by atoms with E-state index in [1.807, 2.05) is 6.92 Å². The van der Waals surface area contributed by atoms with E-state index in [-0.39, 0.29) is 25.1 Å². The molecule has 0 bridgehead atoms. The number of carboxylic acids is 1. The Morgan fingerprint density at radius 3 is 2.79 bits per heavy atom. The number of hydrogen-bond acceptors (Lipinski definition) is 4. The first kappa shape index (κ1) is 15.7. The summed E-state index contributed by atoms with van der Waals surface area (Å²) < 4.78 is 5.47. The van der Waals surface area contributed by atoms with Crippen molar-refractivity contribution in [2.75, 3.05) is 26.2 Å². The van der Waals surface area contributed by atoms with Gasteiger partial charge in [0.05, 0.1) is 6.10 Å². The number of nitrogens with zero attached hydrogens (tertiary/aromatic N) is 1. The Labute approximate surface area is 112 Å². The molecule has 0 aromatic rings. The molecule has 0 aliphatic carbocycles. The van der Waals surface area contributed by atoms with Gasteiger partial charge in [0.15, 0.2) is 6.10 Å². The summed E-state index contributed by atoms with van der Waals surface area (Å²) in [6, 6.07) is -0.254. The zero-order chi connectivity index (χ0) is 14.3. The SMILES string of the molecule is CCN(CC1CCCO1)C(=O)NCCC(O)C(=O)O. The second-order valence-electron chi connectivity index (χ2n) is 4.55. The van der Waals surface area contributed by atoms with Gasteiger partial charge in [-0.25, -0.2) is 9.59 Å². The smallest absolute Gasteiger partial charge is 0.332 e. The molecular weight excluding hydrogens is 252 g/mol. The van der Waals surface area contributed by atoms with E-state index in [0.29, 0.717) is 13.1 Å². The molecular formula is C12H22N2O5. The molecule has 0 saturated carbocycles. The fourth-order valence-corrected chi connectivity index (χ4v) is 1.94. The van der Waals surface area contributed by atoms with Crippen molar-refractivity contribution in [2.24, 2.45) is 0 Å². The minimum Gasteiger partial charge on any atom is -0.479 e. The minimum atomic E-state index is -1.44. The van der Waals surface area contributed by atoms with Crippen molar-refractivity contribution in [3.63, 3.8) is 0 Å². The summed E-state index contributed by atoms with van der Waals surface area (Å²) in [5.74, 6) is -1.28. The Balaban J connectivity index is 2.26. The van der Waals surface area contributed by atoms with E-state index >= 15 is 0 Å². The molecule has 0 aromatic carbocycles. The fraction of sp³-hybridized carbons (Fsp3) is 0.833. The van der Waals surface area contributed by atoms with E-state index in [1.54, 1.807) is 4.90 Å². The third-order valence-corrected chi connectivity index (χ3v) is 3.10. The molecule has 2 atom stereocenters. The number of ether oxygens (including phenoxy) is 1. The molecule has 1 fully saturated rings. The van der Waals surface area contributed by atoms with Gasteiger partial charge in [-0.15, -0.1) is 0 Å². The quantitative estimate of drug-likeness (QED) is 0.608. The van der Waals surface area contributed by atoms with Crippen LogP contribution in [0.15, 0.2) is 0 Å². The molecule has 3 N–H and O–H groups in total. The maximum Gasteiger partial charge on any atom is 0.332 e. The number of urea groups is 1. The summed E-state index contributed by atoms with van der Waals surface area (Å²) in [6.07, 6.45) is 0.637. The first-order chi connectivity index (χ1) is 9.04. The zero-order valence-corrected chi connectivity index (χ0v) is 11.2. The Bertz CT molecular complexity index is 304. The normalized spacial score (nSPS) is 20.0. The van der Waals surface area contributed by atoms with Crippen molar-refractivity contribution >= 4 is 12.0 Å². The van der Waals surface area contributed by atoms with Crippen molar-refractivity contribution in [1.29, 1.82) is 0 Å². The van der Waals surface area contributed by atoms with Crippen LogP contribution in [-0.2, 0) is 9.53 Å². The number of hydrogen-bond donors (Lipinski definition) is 3. The van der Waals surface area contributed by atoms with E-state index in [9.17, 15) is 9.59 Å². The highest BCUT2D eigenvalue weighted by Gasteiger charge is 2.21. The van der Waals surface area contributed by atoms with Gasteiger partial charge in [0.1, 0.15) is 0 Å². The predicted octanol–water partition coefficient (Wildman–Crippen LogP) is 0.0325. The first-order valence-corrected chi connectivity index (χ1v) is 6.59. The number of aliphatic hydroxyl groups excluding tert-OH is 1.